The lowest BCUT2D eigenvalue weighted by molar-refractivity contribution is 0.601. The van der Waals surface area contributed by atoms with Crippen LogP contribution in [-0.4, -0.2) is 13.4 Å². The zero-order chi connectivity index (χ0) is 18.0. The number of rotatable bonds is 4. The molecule has 3 aromatic rings. The second kappa shape index (κ2) is 6.82. The van der Waals surface area contributed by atoms with Gasteiger partial charge in [-0.15, -0.1) is 0 Å². The first kappa shape index (κ1) is 17.4. The van der Waals surface area contributed by atoms with Gasteiger partial charge in [-0.3, -0.25) is 4.72 Å². The van der Waals surface area contributed by atoms with Crippen LogP contribution in [0.3, 0.4) is 0 Å². The highest BCUT2D eigenvalue weighted by atomic mass is 35.5. The van der Waals surface area contributed by atoms with Crippen molar-refractivity contribution in [2.45, 2.75) is 11.8 Å². The first-order chi connectivity index (χ1) is 11.8. The van der Waals surface area contributed by atoms with Gasteiger partial charge in [0.05, 0.1) is 10.6 Å². The number of halogens is 2. The van der Waals surface area contributed by atoms with Gasteiger partial charge in [0.25, 0.3) is 10.0 Å². The Balaban J connectivity index is 2.04. The highest BCUT2D eigenvalue weighted by Crippen LogP contribution is 2.31. The van der Waals surface area contributed by atoms with E-state index in [-0.39, 0.29) is 15.7 Å². The Hall–Kier alpha value is -2.44. The van der Waals surface area contributed by atoms with Gasteiger partial charge in [0, 0.05) is 11.8 Å². The summed E-state index contributed by atoms with van der Waals surface area (Å²) >= 11 is 5.89. The molecular formula is C18H14ClFN2O2S. The van der Waals surface area contributed by atoms with E-state index in [4.69, 9.17) is 11.6 Å². The molecule has 0 unspecified atom stereocenters. The quantitative estimate of drug-likeness (QED) is 0.674. The molecule has 1 aromatic heterocycles. The molecule has 0 bridgehead atoms. The average Bonchev–Trinajstić information content (AvgIpc) is 2.57. The molecule has 1 heterocycles. The van der Waals surface area contributed by atoms with Gasteiger partial charge < -0.3 is 0 Å². The summed E-state index contributed by atoms with van der Waals surface area (Å²) in [5.74, 6) is -0.485. The summed E-state index contributed by atoms with van der Waals surface area (Å²) < 4.78 is 41.4. The SMILES string of the molecule is Cc1ccc(S(=O)(=O)Nc2ccc(F)cc2-c2ccnc(Cl)c2)cc1. The van der Waals surface area contributed by atoms with Crippen molar-refractivity contribution in [3.8, 4) is 11.1 Å². The van der Waals surface area contributed by atoms with Crippen LogP contribution >= 0.6 is 11.6 Å². The van der Waals surface area contributed by atoms with Crippen LogP contribution < -0.4 is 4.72 Å². The predicted octanol–water partition coefficient (Wildman–Crippen LogP) is 4.65. The first-order valence-electron chi connectivity index (χ1n) is 7.36. The number of aryl methyl sites for hydroxylation is 1. The molecule has 0 atom stereocenters. The van der Waals surface area contributed by atoms with E-state index in [0.29, 0.717) is 11.1 Å². The third-order valence-electron chi connectivity index (χ3n) is 3.59. The first-order valence-corrected chi connectivity index (χ1v) is 9.22. The molecule has 0 aliphatic carbocycles. The Bertz CT molecular complexity index is 1020. The maximum Gasteiger partial charge on any atom is 0.261 e. The maximum atomic E-state index is 13.7. The van der Waals surface area contributed by atoms with Gasteiger partial charge in [0.2, 0.25) is 0 Å². The van der Waals surface area contributed by atoms with Crippen LogP contribution in [0.4, 0.5) is 10.1 Å². The van der Waals surface area contributed by atoms with Crippen molar-refractivity contribution in [2.75, 3.05) is 4.72 Å². The highest BCUT2D eigenvalue weighted by molar-refractivity contribution is 7.92. The van der Waals surface area contributed by atoms with Gasteiger partial charge in [0.15, 0.2) is 0 Å². The standard InChI is InChI=1S/C18H14ClFN2O2S/c1-12-2-5-15(6-3-12)25(23,24)22-17-7-4-14(20)11-16(17)13-8-9-21-18(19)10-13/h2-11,22H,1H3. The molecule has 0 spiro atoms. The average molecular weight is 377 g/mol. The normalized spacial score (nSPS) is 11.3. The molecule has 128 valence electrons. The third-order valence-corrected chi connectivity index (χ3v) is 5.18. The number of nitrogens with one attached hydrogen (secondary N) is 1. The smallest absolute Gasteiger partial charge is 0.261 e. The van der Waals surface area contributed by atoms with E-state index in [9.17, 15) is 12.8 Å². The van der Waals surface area contributed by atoms with Gasteiger partial charge in [0.1, 0.15) is 11.0 Å². The summed E-state index contributed by atoms with van der Waals surface area (Å²) in [5.41, 5.74) is 2.14. The van der Waals surface area contributed by atoms with Gasteiger partial charge in [-0.25, -0.2) is 17.8 Å². The van der Waals surface area contributed by atoms with Gasteiger partial charge >= 0.3 is 0 Å². The summed E-state index contributed by atoms with van der Waals surface area (Å²) in [7, 11) is -3.80. The van der Waals surface area contributed by atoms with Crippen molar-refractivity contribution in [1.29, 1.82) is 0 Å². The molecule has 7 heteroatoms. The number of sulfonamides is 1. The topological polar surface area (TPSA) is 59.1 Å². The fourth-order valence-corrected chi connectivity index (χ4v) is 3.59. The van der Waals surface area contributed by atoms with Crippen LogP contribution in [0, 0.1) is 12.7 Å². The fourth-order valence-electron chi connectivity index (χ4n) is 2.34. The second-order valence-electron chi connectivity index (χ2n) is 5.48. The highest BCUT2D eigenvalue weighted by Gasteiger charge is 2.17. The number of hydrogen-bond donors (Lipinski definition) is 1. The summed E-state index contributed by atoms with van der Waals surface area (Å²) in [5, 5.41) is 0.231. The van der Waals surface area contributed by atoms with Gasteiger partial charge in [-0.2, -0.15) is 0 Å². The monoisotopic (exact) mass is 376 g/mol. The van der Waals surface area contributed by atoms with Crippen LogP contribution in [0.15, 0.2) is 65.7 Å². The largest absolute Gasteiger partial charge is 0.279 e. The van der Waals surface area contributed by atoms with Crippen molar-refractivity contribution in [3.63, 3.8) is 0 Å². The molecule has 3 rings (SSSR count). The lowest BCUT2D eigenvalue weighted by atomic mass is 10.1. The Morgan fingerprint density at radius 3 is 2.44 bits per heavy atom. The molecule has 0 radical (unpaired) electrons. The lowest BCUT2D eigenvalue weighted by Crippen LogP contribution is -2.13. The molecule has 25 heavy (non-hydrogen) atoms. The Morgan fingerprint density at radius 2 is 1.76 bits per heavy atom. The van der Waals surface area contributed by atoms with Crippen molar-refractivity contribution in [3.05, 3.63) is 77.3 Å². The number of aromatic nitrogens is 1. The summed E-state index contributed by atoms with van der Waals surface area (Å²) in [6, 6.07) is 13.5. The molecule has 4 nitrogen and oxygen atoms in total. The van der Waals surface area contributed by atoms with Crippen LogP contribution in [0.2, 0.25) is 5.15 Å². The predicted molar refractivity (Wildman–Crippen MR) is 96.6 cm³/mol. The summed E-state index contributed by atoms with van der Waals surface area (Å²) in [6.07, 6.45) is 1.47. The fraction of sp³-hybridized carbons (Fsp3) is 0.0556. The second-order valence-corrected chi connectivity index (χ2v) is 7.55. The van der Waals surface area contributed by atoms with E-state index < -0.39 is 15.8 Å². The number of nitrogens with zero attached hydrogens (tertiary/aromatic N) is 1. The number of benzene rings is 2. The van der Waals surface area contributed by atoms with E-state index in [2.05, 4.69) is 9.71 Å². The zero-order valence-corrected chi connectivity index (χ0v) is 14.8. The zero-order valence-electron chi connectivity index (χ0n) is 13.2. The molecule has 0 saturated heterocycles. The van der Waals surface area contributed by atoms with E-state index in [1.807, 2.05) is 6.92 Å². The Morgan fingerprint density at radius 1 is 1.04 bits per heavy atom. The molecule has 1 N–H and O–H groups in total. The molecule has 2 aromatic carbocycles. The molecule has 0 fully saturated rings. The van der Waals surface area contributed by atoms with Crippen LogP contribution in [0.5, 0.6) is 0 Å². The van der Waals surface area contributed by atoms with E-state index in [0.717, 1.165) is 5.56 Å². The number of anilines is 1. The van der Waals surface area contributed by atoms with Crippen LogP contribution in [0.25, 0.3) is 11.1 Å². The Labute approximate surface area is 150 Å². The van der Waals surface area contributed by atoms with Crippen molar-refractivity contribution >= 4 is 27.3 Å². The van der Waals surface area contributed by atoms with Crippen LogP contribution in [-0.2, 0) is 10.0 Å². The molecule has 0 saturated carbocycles. The van der Waals surface area contributed by atoms with E-state index in [1.54, 1.807) is 24.3 Å². The minimum absolute atomic E-state index is 0.126. The molecule has 0 aliphatic rings. The Kier molecular flexibility index (Phi) is 4.74. The van der Waals surface area contributed by atoms with E-state index in [1.165, 1.54) is 36.5 Å². The van der Waals surface area contributed by atoms with Crippen molar-refractivity contribution in [2.24, 2.45) is 0 Å². The van der Waals surface area contributed by atoms with E-state index >= 15 is 0 Å². The summed E-state index contributed by atoms with van der Waals surface area (Å²) in [6.45, 7) is 1.87. The number of hydrogen-bond acceptors (Lipinski definition) is 3. The van der Waals surface area contributed by atoms with Crippen molar-refractivity contribution < 1.29 is 12.8 Å². The lowest BCUT2D eigenvalue weighted by Gasteiger charge is -2.13. The third kappa shape index (κ3) is 3.97. The minimum Gasteiger partial charge on any atom is -0.279 e. The summed E-state index contributed by atoms with van der Waals surface area (Å²) in [4.78, 5) is 4.01. The molecule has 0 amide bonds. The van der Waals surface area contributed by atoms with Crippen LogP contribution in [0.1, 0.15) is 5.56 Å². The van der Waals surface area contributed by atoms with Crippen molar-refractivity contribution in [1.82, 2.24) is 4.98 Å². The van der Waals surface area contributed by atoms with Gasteiger partial charge in [-0.1, -0.05) is 29.3 Å². The maximum absolute atomic E-state index is 13.7. The number of pyridine rings is 1. The molecule has 0 aliphatic heterocycles. The minimum atomic E-state index is -3.80. The van der Waals surface area contributed by atoms with Gasteiger partial charge in [-0.05, 0) is 55.0 Å². The molecular weight excluding hydrogens is 363 g/mol.